The van der Waals surface area contributed by atoms with E-state index in [1.807, 2.05) is 138 Å². The lowest BCUT2D eigenvalue weighted by atomic mass is 9.91. The Morgan fingerprint density at radius 3 is 1.06 bits per heavy atom. The van der Waals surface area contributed by atoms with Crippen LogP contribution in [0.5, 0.6) is 0 Å². The van der Waals surface area contributed by atoms with E-state index in [1.54, 1.807) is 29.9 Å². The number of rotatable bonds is 23. The lowest BCUT2D eigenvalue weighted by Gasteiger charge is -2.29. The van der Waals surface area contributed by atoms with Crippen molar-refractivity contribution >= 4 is 115 Å². The molecule has 7 amide bonds. The number of carbonyl (C=O) groups is 8. The molecule has 1 aliphatic heterocycles. The number of aryl methyl sites for hydroxylation is 4. The third-order valence-electron chi connectivity index (χ3n) is 18.7. The normalized spacial score (nSPS) is 20.0. The molecule has 9 rings (SSSR count). The van der Waals surface area contributed by atoms with E-state index < -0.39 is 102 Å². The Kier molecular flexibility index (Phi) is 25.5. The lowest BCUT2D eigenvalue weighted by Crippen LogP contribution is -2.59. The van der Waals surface area contributed by atoms with Crippen molar-refractivity contribution in [2.24, 2.45) is 57.0 Å². The van der Waals surface area contributed by atoms with Gasteiger partial charge in [-0.05, 0) is 92.3 Å². The molecular weight excluding hydrogens is 1310 g/mol. The molecule has 1 fully saturated rings. The van der Waals surface area contributed by atoms with Gasteiger partial charge in [0.1, 0.15) is 36.3 Å². The van der Waals surface area contributed by atoms with Crippen LogP contribution in [0.2, 0.25) is 0 Å². The van der Waals surface area contributed by atoms with Gasteiger partial charge in [-0.2, -0.15) is 0 Å². The number of hydrogen-bond donors (Lipinski definition) is 19. The third-order valence-corrected chi connectivity index (χ3v) is 18.7. The van der Waals surface area contributed by atoms with Gasteiger partial charge in [0.25, 0.3) is 0 Å². The minimum Gasteiger partial charge on any atom is -0.370 e. The largest absolute Gasteiger partial charge is 0.370 e. The summed E-state index contributed by atoms with van der Waals surface area (Å²) in [4.78, 5) is 125. The predicted octanol–water partition coefficient (Wildman–Crippen LogP) is 1.09. The average molecular weight is 1410 g/mol. The van der Waals surface area contributed by atoms with E-state index in [-0.39, 0.29) is 121 Å². The number of Topliss-reactive ketones (excluding diaryl/α,β-unsaturated/α-hetero) is 1. The molecule has 4 aromatic heterocycles. The summed E-state index contributed by atoms with van der Waals surface area (Å²) in [5.74, 6) is -9.04. The molecule has 0 unspecified atom stereocenters. The summed E-state index contributed by atoms with van der Waals surface area (Å²) in [6.07, 6.45) is 6.48. The van der Waals surface area contributed by atoms with Crippen LogP contribution >= 0.6 is 0 Å². The third kappa shape index (κ3) is 19.8. The van der Waals surface area contributed by atoms with E-state index in [0.717, 1.165) is 32.7 Å². The van der Waals surface area contributed by atoms with Crippen molar-refractivity contribution < 1.29 is 38.4 Å². The van der Waals surface area contributed by atoms with Gasteiger partial charge in [0, 0.05) is 160 Å². The zero-order chi connectivity index (χ0) is 74.0. The van der Waals surface area contributed by atoms with Crippen LogP contribution in [-0.4, -0.2) is 152 Å². The molecule has 8 atom stereocenters. The Morgan fingerprint density at radius 2 is 0.660 bits per heavy atom. The van der Waals surface area contributed by atoms with E-state index in [4.69, 9.17) is 44.6 Å². The zero-order valence-corrected chi connectivity index (χ0v) is 58.3. The molecule has 8 aromatic rings. The molecule has 31 nitrogen and oxygen atoms in total. The van der Waals surface area contributed by atoms with Crippen molar-refractivity contribution in [2.75, 3.05) is 26.2 Å². The minimum atomic E-state index is -1.61. The van der Waals surface area contributed by atoms with Crippen molar-refractivity contribution in [3.8, 4) is 0 Å². The van der Waals surface area contributed by atoms with E-state index >= 15 is 38.4 Å². The number of carbonyl (C=O) groups excluding carboxylic acids is 8. The van der Waals surface area contributed by atoms with Gasteiger partial charge in [0.05, 0.1) is 6.04 Å². The first kappa shape index (κ1) is 75.3. The standard InChI is InChI=1S/C72H95N23O8/c1-92-37-42(45-18-5-9-25-56(45)92)33-53-65(100)89-54(34-43-38-93(2)57-26-10-6-19-46(43)57)66(101)90-55(35-44-39-94(3)58-27-11-7-20-47(44)58)67(102)91-61(49-40-95(4)59-28-12-8-21-48(49)59)68(103)87-52(24-16-32-84-72(79)80)64(99)86-51(23-15-31-83-71(77)78)63(98)85-50(22-14-30-82-70(75)76)60(96)36-41(62(97)88-53)17-13-29-81-69(73)74/h5-12,18-21,25-28,37-41,50-55,61H,13-17,22-24,29-36H2,1-4H3,(H,85,98)(H,86,99)(H,87,103)(H,88,97)(H,89,100)(H,90,101)(H,91,102)(H4,73,74,81)(H4,75,76,82)(H4,77,78,83)(H4,79,80,84)/t41-,50+,51+,52+,53+,54+,55+,61+/m1/s1. The SMILES string of the molecule is Cn1cc(C[C@@H]2NC(=O)[C@H](CCCNC(=N)N)CC(=O)[C@H](CCCNC(=N)N)NC(=O)[C@H](CCCNC(=N)N)NC(=O)[C@H](CCCNC(=N)N)NC(=O)[C@H](c3cn(C)c4ccccc34)NC(=O)[C@H](Cc3cn(C)c4ccccc34)NC(=O)[C@H](Cc3cn(C)c4ccccc34)NC2=O)c2ccccc21. The van der Waals surface area contributed by atoms with E-state index in [2.05, 4.69) is 58.5 Å². The summed E-state index contributed by atoms with van der Waals surface area (Å²) < 4.78 is 7.43. The summed E-state index contributed by atoms with van der Waals surface area (Å²) in [6, 6.07) is 19.4. The molecule has 5 heterocycles. The summed E-state index contributed by atoms with van der Waals surface area (Å²) >= 11 is 0. The van der Waals surface area contributed by atoms with E-state index in [1.165, 1.54) is 0 Å². The van der Waals surface area contributed by atoms with E-state index in [9.17, 15) is 0 Å². The first-order valence-corrected chi connectivity index (χ1v) is 34.4. The molecule has 1 saturated heterocycles. The van der Waals surface area contributed by atoms with Gasteiger partial charge < -0.3 is 99.7 Å². The Balaban J connectivity index is 1.21. The Labute approximate surface area is 595 Å². The highest BCUT2D eigenvalue weighted by molar-refractivity contribution is 6.02. The van der Waals surface area contributed by atoms with Gasteiger partial charge in [-0.25, -0.2) is 0 Å². The topological polar surface area (TPSA) is 488 Å². The van der Waals surface area contributed by atoms with Gasteiger partial charge in [-0.3, -0.25) is 60.0 Å². The fourth-order valence-electron chi connectivity index (χ4n) is 13.5. The number of amides is 7. The summed E-state index contributed by atoms with van der Waals surface area (Å²) in [6.45, 7) is 0.323. The molecule has 0 bridgehead atoms. The number of para-hydroxylation sites is 4. The molecule has 1 aliphatic rings. The molecule has 546 valence electrons. The number of aromatic nitrogens is 4. The van der Waals surface area contributed by atoms with Crippen LogP contribution in [0.4, 0.5) is 0 Å². The second-order valence-corrected chi connectivity index (χ2v) is 26.3. The minimum absolute atomic E-state index is 0.0164. The molecule has 31 heteroatoms. The monoisotopic (exact) mass is 1410 g/mol. The molecular formula is C72H95N23O8. The maximum atomic E-state index is 16.0. The van der Waals surface area contributed by atoms with Gasteiger partial charge in [0.2, 0.25) is 41.4 Å². The maximum absolute atomic E-state index is 16.0. The molecule has 0 radical (unpaired) electrons. The van der Waals surface area contributed by atoms with Crippen molar-refractivity contribution in [3.63, 3.8) is 0 Å². The summed E-state index contributed by atoms with van der Waals surface area (Å²) in [7, 11) is 7.31. The van der Waals surface area contributed by atoms with Crippen molar-refractivity contribution in [2.45, 2.75) is 119 Å². The molecule has 103 heavy (non-hydrogen) atoms. The molecule has 0 spiro atoms. The summed E-state index contributed by atoms with van der Waals surface area (Å²) in [5, 5.41) is 65.6. The number of hydrogen-bond acceptors (Lipinski definition) is 12. The first-order valence-electron chi connectivity index (χ1n) is 34.4. The van der Waals surface area contributed by atoms with Crippen LogP contribution in [-0.2, 0) is 85.8 Å². The number of nitrogens with two attached hydrogens (primary N) is 4. The smallest absolute Gasteiger partial charge is 0.247 e. The lowest BCUT2D eigenvalue weighted by molar-refractivity contribution is -0.137. The van der Waals surface area contributed by atoms with Crippen LogP contribution in [0.15, 0.2) is 122 Å². The second-order valence-electron chi connectivity index (χ2n) is 26.3. The molecule has 4 aromatic carbocycles. The second kappa shape index (κ2) is 34.9. The van der Waals surface area contributed by atoms with Gasteiger partial charge in [0.15, 0.2) is 29.6 Å². The number of nitrogens with zero attached hydrogens (tertiary/aromatic N) is 4. The van der Waals surface area contributed by atoms with E-state index in [0.29, 0.717) is 33.2 Å². The van der Waals surface area contributed by atoms with Crippen LogP contribution in [0, 0.1) is 27.6 Å². The number of fused-ring (bicyclic) bond motifs is 4. The van der Waals surface area contributed by atoms with Crippen molar-refractivity contribution in [3.05, 3.63) is 144 Å². The fraction of sp³-hybridized carbons (Fsp3) is 0.389. The van der Waals surface area contributed by atoms with Crippen LogP contribution in [0.1, 0.15) is 86.1 Å². The highest BCUT2D eigenvalue weighted by Crippen LogP contribution is 2.30. The first-order chi connectivity index (χ1) is 49.3. The molecule has 0 saturated carbocycles. The van der Waals surface area contributed by atoms with Gasteiger partial charge in [-0.1, -0.05) is 72.8 Å². The number of benzene rings is 4. The molecule has 23 N–H and O–H groups in total. The quantitative estimate of drug-likeness (QED) is 0.0242. The Hall–Kier alpha value is -11.9. The molecule has 0 aliphatic carbocycles. The van der Waals surface area contributed by atoms with Crippen molar-refractivity contribution in [1.82, 2.24) is 76.8 Å². The summed E-state index contributed by atoms with van der Waals surface area (Å²) in [5.41, 5.74) is 28.0. The Morgan fingerprint density at radius 1 is 0.369 bits per heavy atom. The number of guanidine groups is 4. The number of ketones is 1. The van der Waals surface area contributed by atoms with Crippen molar-refractivity contribution in [1.29, 1.82) is 21.6 Å². The van der Waals surface area contributed by atoms with Crippen LogP contribution < -0.4 is 81.4 Å². The Bertz CT molecular complexity index is 4470. The van der Waals surface area contributed by atoms with Gasteiger partial charge in [-0.15, -0.1) is 0 Å². The van der Waals surface area contributed by atoms with Crippen LogP contribution in [0.3, 0.4) is 0 Å². The van der Waals surface area contributed by atoms with Crippen LogP contribution in [0.25, 0.3) is 43.6 Å². The zero-order valence-electron chi connectivity index (χ0n) is 58.3. The predicted molar refractivity (Wildman–Crippen MR) is 395 cm³/mol. The number of nitrogens with one attached hydrogen (secondary N) is 15. The maximum Gasteiger partial charge on any atom is 0.247 e. The van der Waals surface area contributed by atoms with Gasteiger partial charge >= 0.3 is 0 Å². The average Bonchev–Trinajstić information content (AvgIpc) is 1.68. The highest BCUT2D eigenvalue weighted by atomic mass is 16.2. The highest BCUT2D eigenvalue weighted by Gasteiger charge is 2.38. The fourth-order valence-corrected chi connectivity index (χ4v) is 13.5.